The zero-order valence-corrected chi connectivity index (χ0v) is 15.9. The van der Waals surface area contributed by atoms with Crippen LogP contribution in [0.15, 0.2) is 46.3 Å². The molecule has 1 amide bonds. The smallest absolute Gasteiger partial charge is 0.278 e. The summed E-state index contributed by atoms with van der Waals surface area (Å²) < 4.78 is 1.59. The number of hydrogen-bond acceptors (Lipinski definition) is 4. The average Bonchev–Trinajstić information content (AvgIpc) is 3.01. The van der Waals surface area contributed by atoms with Crippen LogP contribution < -0.4 is 10.9 Å². The fraction of sp³-hybridized carbons (Fsp3) is 0.316. The van der Waals surface area contributed by atoms with Gasteiger partial charge in [-0.05, 0) is 32.4 Å². The third-order valence-corrected chi connectivity index (χ3v) is 5.14. The minimum atomic E-state index is -0.105. The Morgan fingerprint density at radius 1 is 1.35 bits per heavy atom. The summed E-state index contributed by atoms with van der Waals surface area (Å²) in [4.78, 5) is 32.5. The lowest BCUT2D eigenvalue weighted by molar-refractivity contribution is -0.119. The lowest BCUT2D eigenvalue weighted by atomic mass is 10.1. The van der Waals surface area contributed by atoms with Crippen LogP contribution in [-0.4, -0.2) is 26.2 Å². The van der Waals surface area contributed by atoms with Crippen molar-refractivity contribution in [1.29, 1.82) is 0 Å². The van der Waals surface area contributed by atoms with Crippen molar-refractivity contribution in [1.82, 2.24) is 19.9 Å². The molecule has 3 aromatic rings. The summed E-state index contributed by atoms with van der Waals surface area (Å²) in [6.45, 7) is 6.24. The number of fused-ring (bicyclic) bond motifs is 1. The fourth-order valence-corrected chi connectivity index (χ4v) is 3.71. The first-order valence-corrected chi connectivity index (χ1v) is 9.55. The summed E-state index contributed by atoms with van der Waals surface area (Å²) in [6.07, 6.45) is 0. The Morgan fingerprint density at radius 2 is 2.08 bits per heavy atom. The van der Waals surface area contributed by atoms with Crippen LogP contribution in [0.4, 0.5) is 0 Å². The minimum Gasteiger partial charge on any atom is -0.353 e. The Kier molecular flexibility index (Phi) is 5.46. The predicted octanol–water partition coefficient (Wildman–Crippen LogP) is 3.02. The second-order valence-corrected chi connectivity index (χ2v) is 7.09. The van der Waals surface area contributed by atoms with E-state index in [9.17, 15) is 9.59 Å². The Bertz CT molecular complexity index is 978. The first-order chi connectivity index (χ1) is 12.5. The number of aryl methyl sites for hydroxylation is 1. The molecule has 7 heteroatoms. The van der Waals surface area contributed by atoms with Crippen molar-refractivity contribution in [2.75, 3.05) is 5.75 Å². The summed E-state index contributed by atoms with van der Waals surface area (Å²) in [7, 11) is 0. The summed E-state index contributed by atoms with van der Waals surface area (Å²) in [5, 5.41) is 3.54. The molecule has 0 saturated carbocycles. The van der Waals surface area contributed by atoms with Gasteiger partial charge in [-0.25, -0.2) is 4.98 Å². The van der Waals surface area contributed by atoms with E-state index in [1.54, 1.807) is 4.57 Å². The fourth-order valence-electron chi connectivity index (χ4n) is 2.84. The molecule has 2 aromatic heterocycles. The van der Waals surface area contributed by atoms with E-state index in [0.29, 0.717) is 22.7 Å². The van der Waals surface area contributed by atoms with Crippen LogP contribution in [-0.2, 0) is 11.3 Å². The van der Waals surface area contributed by atoms with E-state index in [1.807, 2.05) is 57.2 Å². The molecule has 0 aliphatic heterocycles. The molecule has 0 unspecified atom stereocenters. The molecule has 0 aliphatic carbocycles. The number of aromatic nitrogens is 3. The highest BCUT2D eigenvalue weighted by molar-refractivity contribution is 7.99. The van der Waals surface area contributed by atoms with Crippen LogP contribution in [0.2, 0.25) is 0 Å². The summed E-state index contributed by atoms with van der Waals surface area (Å²) in [5.41, 5.74) is 2.99. The van der Waals surface area contributed by atoms with Crippen molar-refractivity contribution in [2.45, 2.75) is 38.5 Å². The number of nitrogens with one attached hydrogen (secondary N) is 2. The van der Waals surface area contributed by atoms with Crippen molar-refractivity contribution in [2.24, 2.45) is 0 Å². The molecular weight excluding hydrogens is 348 g/mol. The Hall–Kier alpha value is -2.54. The van der Waals surface area contributed by atoms with E-state index in [0.717, 1.165) is 11.3 Å². The van der Waals surface area contributed by atoms with Crippen LogP contribution in [0.25, 0.3) is 11.0 Å². The van der Waals surface area contributed by atoms with Crippen LogP contribution in [0.5, 0.6) is 0 Å². The van der Waals surface area contributed by atoms with Gasteiger partial charge in [0, 0.05) is 12.2 Å². The highest BCUT2D eigenvalue weighted by atomic mass is 32.2. The quantitative estimate of drug-likeness (QED) is 0.516. The molecule has 0 aliphatic rings. The van der Waals surface area contributed by atoms with Gasteiger partial charge in [-0.3, -0.25) is 14.2 Å². The van der Waals surface area contributed by atoms with Gasteiger partial charge in [0.15, 0.2) is 5.16 Å². The van der Waals surface area contributed by atoms with Crippen LogP contribution in [0.3, 0.4) is 0 Å². The van der Waals surface area contributed by atoms with Gasteiger partial charge < -0.3 is 10.3 Å². The monoisotopic (exact) mass is 370 g/mol. The van der Waals surface area contributed by atoms with Gasteiger partial charge in [-0.15, -0.1) is 0 Å². The van der Waals surface area contributed by atoms with E-state index in [1.165, 1.54) is 11.8 Å². The lowest BCUT2D eigenvalue weighted by Gasteiger charge is -2.14. The topological polar surface area (TPSA) is 79.8 Å². The molecule has 0 spiro atoms. The predicted molar refractivity (Wildman–Crippen MR) is 104 cm³/mol. The number of H-pyrrole nitrogens is 1. The number of benzene rings is 1. The van der Waals surface area contributed by atoms with E-state index >= 15 is 0 Å². The van der Waals surface area contributed by atoms with Gasteiger partial charge in [0.2, 0.25) is 5.91 Å². The molecular formula is C19H22N4O2S. The van der Waals surface area contributed by atoms with Crippen molar-refractivity contribution in [3.63, 3.8) is 0 Å². The van der Waals surface area contributed by atoms with Crippen LogP contribution in [0, 0.1) is 6.92 Å². The molecule has 0 radical (unpaired) electrons. The molecule has 0 bridgehead atoms. The van der Waals surface area contributed by atoms with Crippen molar-refractivity contribution >= 4 is 28.7 Å². The molecule has 26 heavy (non-hydrogen) atoms. The zero-order valence-electron chi connectivity index (χ0n) is 15.1. The van der Waals surface area contributed by atoms with Gasteiger partial charge in [0.25, 0.3) is 5.56 Å². The molecule has 1 aromatic carbocycles. The molecule has 0 saturated heterocycles. The largest absolute Gasteiger partial charge is 0.353 e. The van der Waals surface area contributed by atoms with Gasteiger partial charge in [-0.1, -0.05) is 42.1 Å². The second-order valence-electron chi connectivity index (χ2n) is 6.14. The van der Waals surface area contributed by atoms with Crippen LogP contribution >= 0.6 is 11.8 Å². The van der Waals surface area contributed by atoms with E-state index in [-0.39, 0.29) is 23.3 Å². The standard InChI is InChI=1S/C19H22N4O2S/c1-4-23-18(25)17-15(10-12(2)20-17)22-19(23)26-11-16(24)21-13(3)14-8-6-5-7-9-14/h5-10,13,20H,4,11H2,1-3H3,(H,21,24)/t13-/m0/s1. The van der Waals surface area contributed by atoms with Crippen molar-refractivity contribution in [3.05, 3.63) is 58.0 Å². The number of thioether (sulfide) groups is 1. The average molecular weight is 370 g/mol. The maximum Gasteiger partial charge on any atom is 0.278 e. The summed E-state index contributed by atoms with van der Waals surface area (Å²) in [5.74, 6) is 0.118. The molecule has 1 atom stereocenters. The summed E-state index contributed by atoms with van der Waals surface area (Å²) >= 11 is 1.28. The number of amides is 1. The Morgan fingerprint density at radius 3 is 2.77 bits per heavy atom. The SMILES string of the molecule is CCn1c(SCC(=O)N[C@@H](C)c2ccccc2)nc2cc(C)[nH]c2c1=O. The van der Waals surface area contributed by atoms with Crippen molar-refractivity contribution in [3.8, 4) is 0 Å². The molecule has 0 fully saturated rings. The second kappa shape index (κ2) is 7.78. The van der Waals surface area contributed by atoms with Gasteiger partial charge in [-0.2, -0.15) is 0 Å². The van der Waals surface area contributed by atoms with Gasteiger partial charge in [0.05, 0.1) is 17.3 Å². The highest BCUT2D eigenvalue weighted by Crippen LogP contribution is 2.19. The number of nitrogens with zero attached hydrogens (tertiary/aromatic N) is 2. The number of carbonyl (C=O) groups excluding carboxylic acids is 1. The van der Waals surface area contributed by atoms with Crippen molar-refractivity contribution < 1.29 is 4.79 Å². The molecule has 2 N–H and O–H groups in total. The summed E-state index contributed by atoms with van der Waals surface area (Å²) in [6, 6.07) is 11.6. The normalized spacial score (nSPS) is 12.3. The first-order valence-electron chi connectivity index (χ1n) is 8.57. The third kappa shape index (κ3) is 3.83. The Labute approximate surface area is 156 Å². The third-order valence-electron chi connectivity index (χ3n) is 4.16. The van der Waals surface area contributed by atoms with Gasteiger partial charge >= 0.3 is 0 Å². The number of carbonyl (C=O) groups is 1. The number of rotatable bonds is 6. The minimum absolute atomic E-state index is 0.0690. The first kappa shape index (κ1) is 18.3. The van der Waals surface area contributed by atoms with E-state index in [2.05, 4.69) is 15.3 Å². The van der Waals surface area contributed by atoms with E-state index in [4.69, 9.17) is 0 Å². The highest BCUT2D eigenvalue weighted by Gasteiger charge is 2.15. The zero-order chi connectivity index (χ0) is 18.7. The molecule has 6 nitrogen and oxygen atoms in total. The van der Waals surface area contributed by atoms with E-state index < -0.39 is 0 Å². The molecule has 136 valence electrons. The Balaban J connectivity index is 1.73. The number of aromatic amines is 1. The maximum atomic E-state index is 12.6. The maximum absolute atomic E-state index is 12.6. The molecule has 3 rings (SSSR count). The van der Waals surface area contributed by atoms with Gasteiger partial charge in [0.1, 0.15) is 5.52 Å². The number of hydrogen-bond donors (Lipinski definition) is 2. The van der Waals surface area contributed by atoms with Crippen LogP contribution in [0.1, 0.15) is 31.1 Å². The lowest BCUT2D eigenvalue weighted by Crippen LogP contribution is -2.29. The molecule has 2 heterocycles.